The maximum Gasteiger partial charge on any atom is 0.406 e. The van der Waals surface area contributed by atoms with E-state index < -0.39 is 23.3 Å². The highest BCUT2D eigenvalue weighted by Crippen LogP contribution is 2.22. The first-order valence-corrected chi connectivity index (χ1v) is 5.02. The molecule has 98 valence electrons. The van der Waals surface area contributed by atoms with Crippen LogP contribution in [0.1, 0.15) is 0 Å². The number of ether oxygens (including phenoxy) is 3. The Balaban J connectivity index is 2.48. The highest BCUT2D eigenvalue weighted by atomic mass is 16.6. The third-order valence-electron chi connectivity index (χ3n) is 1.82. The number of esters is 1. The zero-order valence-corrected chi connectivity index (χ0v) is 9.70. The van der Waals surface area contributed by atoms with E-state index in [-0.39, 0.29) is 19.0 Å². The number of pyridine rings is 1. The van der Waals surface area contributed by atoms with Crippen LogP contribution in [0.25, 0.3) is 0 Å². The van der Waals surface area contributed by atoms with Gasteiger partial charge < -0.3 is 24.3 Å². The molecule has 0 aliphatic carbocycles. The molecule has 1 aromatic rings. The Labute approximate surface area is 103 Å². The largest absolute Gasteiger partial charge is 0.474 e. The molecule has 0 amide bonds. The molecule has 0 saturated carbocycles. The second kappa shape index (κ2) is 7.17. The zero-order chi connectivity index (χ0) is 13.4. The maximum atomic E-state index is 11.2. The van der Waals surface area contributed by atoms with Gasteiger partial charge in [0.1, 0.15) is 12.8 Å². The fraction of sp³-hybridized carbons (Fsp3) is 0.400. The minimum Gasteiger partial charge on any atom is -0.474 e. The van der Waals surface area contributed by atoms with E-state index in [1.165, 1.54) is 25.4 Å². The molecule has 0 unspecified atom stereocenters. The number of nitro groups is 1. The molecule has 1 heterocycles. The van der Waals surface area contributed by atoms with Gasteiger partial charge in [0.15, 0.2) is 6.61 Å². The van der Waals surface area contributed by atoms with Crippen LogP contribution in [0.15, 0.2) is 18.3 Å². The Morgan fingerprint density at radius 1 is 1.50 bits per heavy atom. The SMILES string of the molecule is COCCOC(=O)COc1cccnc1[N+](=O)[O-]. The molecule has 8 nitrogen and oxygen atoms in total. The van der Waals surface area contributed by atoms with Gasteiger partial charge in [0.2, 0.25) is 5.75 Å². The lowest BCUT2D eigenvalue weighted by Gasteiger charge is -2.06. The molecular formula is C10H12N2O6. The number of hydrogen-bond acceptors (Lipinski definition) is 7. The van der Waals surface area contributed by atoms with Crippen LogP contribution in [-0.4, -0.2) is 42.8 Å². The molecule has 0 radical (unpaired) electrons. The van der Waals surface area contributed by atoms with Crippen LogP contribution in [0.4, 0.5) is 5.82 Å². The fourth-order valence-electron chi connectivity index (χ4n) is 1.05. The average molecular weight is 256 g/mol. The summed E-state index contributed by atoms with van der Waals surface area (Å²) < 4.78 is 14.4. The van der Waals surface area contributed by atoms with E-state index in [1.54, 1.807) is 0 Å². The molecule has 1 rings (SSSR count). The van der Waals surface area contributed by atoms with Crippen molar-refractivity contribution < 1.29 is 23.9 Å². The van der Waals surface area contributed by atoms with Crippen molar-refractivity contribution in [2.75, 3.05) is 26.9 Å². The normalized spacial score (nSPS) is 9.83. The van der Waals surface area contributed by atoms with Crippen LogP contribution in [0.3, 0.4) is 0 Å². The van der Waals surface area contributed by atoms with Gasteiger partial charge in [-0.1, -0.05) is 0 Å². The van der Waals surface area contributed by atoms with Gasteiger partial charge in [-0.2, -0.15) is 0 Å². The summed E-state index contributed by atoms with van der Waals surface area (Å²) >= 11 is 0. The standard InChI is InChI=1S/C10H12N2O6/c1-16-5-6-17-9(13)7-18-8-3-2-4-11-10(8)12(14)15/h2-4H,5-7H2,1H3. The van der Waals surface area contributed by atoms with Crippen LogP contribution >= 0.6 is 0 Å². The van der Waals surface area contributed by atoms with Crippen molar-refractivity contribution in [3.63, 3.8) is 0 Å². The van der Waals surface area contributed by atoms with E-state index in [1.807, 2.05) is 0 Å². The molecular weight excluding hydrogens is 244 g/mol. The predicted molar refractivity (Wildman–Crippen MR) is 59.2 cm³/mol. The molecule has 0 bridgehead atoms. The highest BCUT2D eigenvalue weighted by molar-refractivity contribution is 5.71. The van der Waals surface area contributed by atoms with E-state index in [0.717, 1.165) is 0 Å². The van der Waals surface area contributed by atoms with Gasteiger partial charge in [0.25, 0.3) is 0 Å². The van der Waals surface area contributed by atoms with Gasteiger partial charge in [-0.15, -0.1) is 0 Å². The summed E-state index contributed by atoms with van der Waals surface area (Å²) in [5, 5.41) is 10.6. The third-order valence-corrected chi connectivity index (χ3v) is 1.82. The minimum absolute atomic E-state index is 0.0776. The van der Waals surface area contributed by atoms with Gasteiger partial charge in [-0.05, 0) is 22.0 Å². The number of carbonyl (C=O) groups is 1. The summed E-state index contributed by atoms with van der Waals surface area (Å²) in [6, 6.07) is 2.83. The minimum atomic E-state index is -0.689. The predicted octanol–water partition coefficient (Wildman–Crippen LogP) is 0.558. The van der Waals surface area contributed by atoms with Crippen LogP contribution in [0.5, 0.6) is 5.75 Å². The number of carbonyl (C=O) groups excluding carboxylic acids is 1. The molecule has 0 spiro atoms. The first-order valence-electron chi connectivity index (χ1n) is 5.02. The lowest BCUT2D eigenvalue weighted by Crippen LogP contribution is -2.17. The molecule has 0 fully saturated rings. The first kappa shape index (κ1) is 13.8. The molecule has 0 saturated heterocycles. The van der Waals surface area contributed by atoms with Gasteiger partial charge in [-0.25, -0.2) is 4.79 Å². The van der Waals surface area contributed by atoms with Gasteiger partial charge in [0, 0.05) is 7.11 Å². The smallest absolute Gasteiger partial charge is 0.406 e. The second-order valence-electron chi connectivity index (χ2n) is 3.08. The van der Waals surface area contributed by atoms with Crippen molar-refractivity contribution in [3.05, 3.63) is 28.4 Å². The third kappa shape index (κ3) is 4.34. The Morgan fingerprint density at radius 3 is 2.94 bits per heavy atom. The summed E-state index contributed by atoms with van der Waals surface area (Å²) in [6.45, 7) is -0.0388. The maximum absolute atomic E-state index is 11.2. The van der Waals surface area contributed by atoms with Crippen molar-refractivity contribution in [2.24, 2.45) is 0 Å². The van der Waals surface area contributed by atoms with E-state index >= 15 is 0 Å². The van der Waals surface area contributed by atoms with Crippen LogP contribution < -0.4 is 4.74 Å². The first-order chi connectivity index (χ1) is 8.65. The van der Waals surface area contributed by atoms with Crippen molar-refractivity contribution in [1.29, 1.82) is 0 Å². The van der Waals surface area contributed by atoms with Gasteiger partial charge in [0.05, 0.1) is 6.61 Å². The molecule has 0 N–H and O–H groups in total. The summed E-state index contributed by atoms with van der Waals surface area (Å²) in [6.07, 6.45) is 1.27. The number of aromatic nitrogens is 1. The van der Waals surface area contributed by atoms with E-state index in [2.05, 4.69) is 9.72 Å². The molecule has 0 aromatic carbocycles. The number of nitrogens with zero attached hydrogens (tertiary/aromatic N) is 2. The quantitative estimate of drug-likeness (QED) is 0.304. The Bertz CT molecular complexity index is 423. The Morgan fingerprint density at radius 2 is 2.28 bits per heavy atom. The van der Waals surface area contributed by atoms with Crippen molar-refractivity contribution in [3.8, 4) is 5.75 Å². The fourth-order valence-corrected chi connectivity index (χ4v) is 1.05. The van der Waals surface area contributed by atoms with Crippen molar-refractivity contribution >= 4 is 11.8 Å². The number of methoxy groups -OCH3 is 1. The van der Waals surface area contributed by atoms with Crippen molar-refractivity contribution in [2.45, 2.75) is 0 Å². The molecule has 0 aliphatic heterocycles. The van der Waals surface area contributed by atoms with Gasteiger partial charge in [-0.3, -0.25) is 0 Å². The molecule has 0 atom stereocenters. The van der Waals surface area contributed by atoms with Crippen molar-refractivity contribution in [1.82, 2.24) is 4.98 Å². The van der Waals surface area contributed by atoms with E-state index in [4.69, 9.17) is 9.47 Å². The molecule has 8 heteroatoms. The Hall–Kier alpha value is -2.22. The molecule has 18 heavy (non-hydrogen) atoms. The number of hydrogen-bond donors (Lipinski definition) is 0. The Kier molecular flexibility index (Phi) is 5.52. The highest BCUT2D eigenvalue weighted by Gasteiger charge is 2.16. The number of rotatable bonds is 7. The monoisotopic (exact) mass is 256 g/mol. The summed E-state index contributed by atoms with van der Waals surface area (Å²) in [5.41, 5.74) is 0. The lowest BCUT2D eigenvalue weighted by atomic mass is 10.4. The van der Waals surface area contributed by atoms with E-state index in [9.17, 15) is 14.9 Å². The van der Waals surface area contributed by atoms with Gasteiger partial charge >= 0.3 is 11.8 Å². The summed E-state index contributed by atoms with van der Waals surface area (Å²) in [7, 11) is 1.48. The summed E-state index contributed by atoms with van der Waals surface area (Å²) in [4.78, 5) is 24.6. The second-order valence-corrected chi connectivity index (χ2v) is 3.08. The molecule has 1 aromatic heterocycles. The topological polar surface area (TPSA) is 101 Å². The molecule has 0 aliphatic rings. The average Bonchev–Trinajstić information content (AvgIpc) is 2.37. The van der Waals surface area contributed by atoms with Crippen LogP contribution in [0, 0.1) is 10.1 Å². The zero-order valence-electron chi connectivity index (χ0n) is 9.70. The summed E-state index contributed by atoms with van der Waals surface area (Å²) in [5.74, 6) is -1.15. The lowest BCUT2D eigenvalue weighted by molar-refractivity contribution is -0.390. The van der Waals surface area contributed by atoms with Crippen LogP contribution in [0.2, 0.25) is 0 Å². The van der Waals surface area contributed by atoms with E-state index in [0.29, 0.717) is 0 Å². The van der Waals surface area contributed by atoms with Crippen LogP contribution in [-0.2, 0) is 14.3 Å².